The Bertz CT molecular complexity index is 1810. The van der Waals surface area contributed by atoms with E-state index >= 15 is 4.39 Å². The van der Waals surface area contributed by atoms with Gasteiger partial charge in [-0.25, -0.2) is 9.18 Å². The number of ether oxygens (including phenoxy) is 3. The van der Waals surface area contributed by atoms with E-state index in [4.69, 9.17) is 25.8 Å². The summed E-state index contributed by atoms with van der Waals surface area (Å²) >= 11 is 6.47. The Kier molecular flexibility index (Phi) is 9.35. The zero-order valence-corrected chi connectivity index (χ0v) is 31.6. The van der Waals surface area contributed by atoms with Gasteiger partial charge >= 0.3 is 6.09 Å². The second kappa shape index (κ2) is 13.2. The van der Waals surface area contributed by atoms with Gasteiger partial charge in [0.25, 0.3) is 0 Å². The van der Waals surface area contributed by atoms with Gasteiger partial charge in [-0.3, -0.25) is 4.79 Å². The van der Waals surface area contributed by atoms with Gasteiger partial charge in [-0.1, -0.05) is 49.7 Å². The monoisotopic (exact) mass is 735 g/mol. The molecule has 0 aromatic heterocycles. The van der Waals surface area contributed by atoms with Crippen LogP contribution in [0, 0.1) is 39.3 Å². The Hall–Kier alpha value is -3.40. The third kappa shape index (κ3) is 5.35. The van der Waals surface area contributed by atoms with Crippen LogP contribution in [0.4, 0.5) is 9.18 Å². The summed E-state index contributed by atoms with van der Waals surface area (Å²) in [6.07, 6.45) is 9.94. The molecule has 280 valence electrons. The highest BCUT2D eigenvalue weighted by Gasteiger charge is 2.74. The molecule has 2 aromatic rings. The largest absolute Gasteiger partial charge is 0.497 e. The highest BCUT2D eigenvalue weighted by atomic mass is 35.5. The lowest BCUT2D eigenvalue weighted by Gasteiger charge is -2.71. The van der Waals surface area contributed by atoms with Crippen LogP contribution in [-0.4, -0.2) is 66.1 Å². The van der Waals surface area contributed by atoms with Crippen LogP contribution >= 0.6 is 11.6 Å². The fourth-order valence-electron chi connectivity index (χ4n) is 11.5. The number of nitrogens with zero attached hydrogens (tertiary/aromatic N) is 1. The van der Waals surface area contributed by atoms with Crippen LogP contribution in [0.15, 0.2) is 60.2 Å². The second-order valence-corrected chi connectivity index (χ2v) is 16.8. The number of rotatable bonds is 10. The maximum Gasteiger partial charge on any atom is 0.410 e. The Balaban J connectivity index is 1.29. The van der Waals surface area contributed by atoms with Crippen molar-refractivity contribution in [2.24, 2.45) is 33.5 Å². The van der Waals surface area contributed by atoms with E-state index in [-0.39, 0.29) is 59.7 Å². The number of methoxy groups -OCH3 is 2. The highest BCUT2D eigenvalue weighted by molar-refractivity contribution is 6.31. The lowest BCUT2D eigenvalue weighted by Crippen LogP contribution is -2.67. The van der Waals surface area contributed by atoms with Gasteiger partial charge in [-0.15, -0.1) is 0 Å². The first kappa shape index (κ1) is 36.9. The summed E-state index contributed by atoms with van der Waals surface area (Å²) in [5.74, 6) is 0.415. The first-order valence-corrected chi connectivity index (χ1v) is 19.0. The van der Waals surface area contributed by atoms with Gasteiger partial charge in [-0.2, -0.15) is 0 Å². The summed E-state index contributed by atoms with van der Waals surface area (Å²) in [6.45, 7) is 6.57. The van der Waals surface area contributed by atoms with Crippen molar-refractivity contribution in [3.05, 3.63) is 82.2 Å². The Labute approximate surface area is 311 Å². The second-order valence-electron chi connectivity index (χ2n) is 16.3. The number of carbonyl (C=O) groups excluding carboxylic acids is 2. The van der Waals surface area contributed by atoms with Gasteiger partial charge in [0.2, 0.25) is 0 Å². The number of hydrogen-bond donors (Lipinski definition) is 2. The number of aliphatic hydroxyl groups is 2. The Morgan fingerprint density at radius 3 is 2.44 bits per heavy atom. The fraction of sp³-hybridized carbons (Fsp3) is 0.571. The van der Waals surface area contributed by atoms with Gasteiger partial charge in [0.1, 0.15) is 17.3 Å². The van der Waals surface area contributed by atoms with E-state index in [9.17, 15) is 19.8 Å². The number of ketones is 1. The molecule has 0 radical (unpaired) electrons. The standard InChI is InChI=1S/C42H51ClFNO7/c1-6-52-37(48)45(24-26-10-11-28(50-4)20-34(26)51-5)25-41(49)17-14-36-39(41,3)16-13-35-38(2)15-12-27(46)22-40(38)18-19-42(35,36)30(23-40)33(47)21-29-31(43)8-7-9-32(29)44/h7-11,18-20,23,27,35-36,46,49H,6,12-17,21-22,24-25H2,1-5H3. The lowest BCUT2D eigenvalue weighted by molar-refractivity contribution is -0.178. The van der Waals surface area contributed by atoms with E-state index in [0.717, 1.165) is 18.4 Å². The minimum absolute atomic E-state index is 0.0315. The average molecular weight is 736 g/mol. The van der Waals surface area contributed by atoms with E-state index in [1.807, 2.05) is 12.1 Å². The molecule has 3 saturated carbocycles. The topological polar surface area (TPSA) is 106 Å². The quantitative estimate of drug-likeness (QED) is 0.240. The molecule has 2 spiro atoms. The zero-order chi connectivity index (χ0) is 37.3. The minimum atomic E-state index is -1.31. The number of aliphatic hydroxyl groups excluding tert-OH is 1. The van der Waals surface area contributed by atoms with Crippen molar-refractivity contribution in [3.8, 4) is 11.5 Å². The summed E-state index contributed by atoms with van der Waals surface area (Å²) in [5.41, 5.74) is -1.88. The van der Waals surface area contributed by atoms with Crippen LogP contribution in [0.25, 0.3) is 0 Å². The van der Waals surface area contributed by atoms with Crippen molar-refractivity contribution in [2.45, 2.75) is 90.4 Å². The molecule has 1 amide bonds. The van der Waals surface area contributed by atoms with Crippen LogP contribution in [0.1, 0.15) is 76.8 Å². The maximum absolute atomic E-state index is 15.1. The molecule has 0 saturated heterocycles. The molecule has 3 fully saturated rings. The average Bonchev–Trinajstić information content (AvgIpc) is 3.39. The van der Waals surface area contributed by atoms with Crippen LogP contribution in [0.3, 0.4) is 0 Å². The van der Waals surface area contributed by atoms with E-state index < -0.39 is 39.9 Å². The molecule has 0 aliphatic heterocycles. The molecule has 8 unspecified atom stereocenters. The molecule has 6 aliphatic rings. The zero-order valence-electron chi connectivity index (χ0n) is 30.8. The van der Waals surface area contributed by atoms with Crippen molar-refractivity contribution in [1.29, 1.82) is 0 Å². The maximum atomic E-state index is 15.1. The SMILES string of the molecule is CCOC(=O)N(Cc1ccc(OC)cc1OC)CC1(O)CCC2C34C=CC5(C=C3C(=O)Cc3c(F)cccc3Cl)CC(O)CCC5(C)C4CCC21C. The predicted molar refractivity (Wildman–Crippen MR) is 196 cm³/mol. The Morgan fingerprint density at radius 1 is 1.00 bits per heavy atom. The summed E-state index contributed by atoms with van der Waals surface area (Å²) in [7, 11) is 3.15. The van der Waals surface area contributed by atoms with E-state index in [1.165, 1.54) is 12.1 Å². The number of allylic oxidation sites excluding steroid dienone is 4. The van der Waals surface area contributed by atoms with E-state index in [0.29, 0.717) is 49.2 Å². The van der Waals surface area contributed by atoms with Crippen molar-refractivity contribution in [1.82, 2.24) is 4.90 Å². The van der Waals surface area contributed by atoms with Crippen molar-refractivity contribution in [2.75, 3.05) is 27.4 Å². The fourth-order valence-corrected chi connectivity index (χ4v) is 11.7. The van der Waals surface area contributed by atoms with Crippen molar-refractivity contribution in [3.63, 3.8) is 0 Å². The summed E-state index contributed by atoms with van der Waals surface area (Å²) in [6, 6.07) is 9.90. The molecule has 0 heterocycles. The number of halogens is 2. The van der Waals surface area contributed by atoms with Crippen LogP contribution < -0.4 is 9.47 Å². The third-order valence-corrected chi connectivity index (χ3v) is 14.6. The number of carbonyl (C=O) groups is 2. The van der Waals surface area contributed by atoms with Gasteiger partial charge < -0.3 is 29.3 Å². The molecular weight excluding hydrogens is 685 g/mol. The molecule has 8 atom stereocenters. The molecule has 10 heteroatoms. The normalized spacial score (nSPS) is 35.6. The molecule has 8 rings (SSSR count). The van der Waals surface area contributed by atoms with Gasteiger partial charge in [0.15, 0.2) is 5.78 Å². The Morgan fingerprint density at radius 2 is 1.73 bits per heavy atom. The van der Waals surface area contributed by atoms with Crippen molar-refractivity contribution < 1.29 is 38.4 Å². The van der Waals surface area contributed by atoms with E-state index in [1.54, 1.807) is 38.2 Å². The van der Waals surface area contributed by atoms with Crippen molar-refractivity contribution >= 4 is 23.5 Å². The number of Topliss-reactive ketones (excluding diaryl/α,β-unsaturated/α-hetero) is 1. The lowest BCUT2D eigenvalue weighted by atomic mass is 9.32. The van der Waals surface area contributed by atoms with Gasteiger partial charge in [0, 0.05) is 50.5 Å². The molecule has 6 aliphatic carbocycles. The predicted octanol–water partition coefficient (Wildman–Crippen LogP) is 7.86. The highest BCUT2D eigenvalue weighted by Crippen LogP contribution is 2.78. The molecular formula is C42H51ClFNO7. The van der Waals surface area contributed by atoms with Gasteiger partial charge in [0.05, 0.1) is 45.6 Å². The molecule has 8 nitrogen and oxygen atoms in total. The number of hydrogen-bond acceptors (Lipinski definition) is 7. The first-order valence-electron chi connectivity index (χ1n) is 18.6. The first-order chi connectivity index (χ1) is 24.7. The molecule has 2 N–H and O–H groups in total. The third-order valence-electron chi connectivity index (χ3n) is 14.2. The van der Waals surface area contributed by atoms with Crippen LogP contribution in [-0.2, 0) is 22.5 Å². The van der Waals surface area contributed by atoms with Crippen LogP contribution in [0.5, 0.6) is 11.5 Å². The smallest absolute Gasteiger partial charge is 0.410 e. The molecule has 2 bridgehead atoms. The van der Waals surface area contributed by atoms with E-state index in [2.05, 4.69) is 32.1 Å². The number of fused-ring (bicyclic) bond motifs is 1. The molecule has 2 aromatic carbocycles. The minimum Gasteiger partial charge on any atom is -0.497 e. The summed E-state index contributed by atoms with van der Waals surface area (Å²) < 4.78 is 31.7. The summed E-state index contributed by atoms with van der Waals surface area (Å²) in [4.78, 5) is 29.9. The number of benzene rings is 2. The molecule has 52 heavy (non-hydrogen) atoms. The summed E-state index contributed by atoms with van der Waals surface area (Å²) in [5, 5.41) is 24.2. The van der Waals surface area contributed by atoms with Crippen LogP contribution in [0.2, 0.25) is 5.02 Å². The van der Waals surface area contributed by atoms with Gasteiger partial charge in [-0.05, 0) is 93.4 Å². The number of amides is 1.